The Morgan fingerprint density at radius 3 is 2.70 bits per heavy atom. The molecule has 110 valence electrons. The number of nitrogens with one attached hydrogen (secondary N) is 1. The van der Waals surface area contributed by atoms with Gasteiger partial charge < -0.3 is 15.0 Å². The molecule has 2 saturated heterocycles. The normalized spacial score (nSPS) is 24.8. The Hall–Kier alpha value is -1.24. The Morgan fingerprint density at radius 2 is 2.00 bits per heavy atom. The van der Waals surface area contributed by atoms with Gasteiger partial charge in [0.2, 0.25) is 5.95 Å². The molecule has 1 aromatic rings. The molecule has 6 nitrogen and oxygen atoms in total. The lowest BCUT2D eigenvalue weighted by Crippen LogP contribution is -2.48. The van der Waals surface area contributed by atoms with Crippen molar-refractivity contribution in [1.82, 2.24) is 20.2 Å². The molecule has 0 amide bonds. The third-order valence-electron chi connectivity index (χ3n) is 3.98. The second-order valence-corrected chi connectivity index (χ2v) is 5.36. The second kappa shape index (κ2) is 6.97. The van der Waals surface area contributed by atoms with Crippen LogP contribution in [-0.4, -0.2) is 73.4 Å². The van der Waals surface area contributed by atoms with Crippen LogP contribution in [0.15, 0.2) is 18.5 Å². The van der Waals surface area contributed by atoms with Crippen LogP contribution in [0.4, 0.5) is 5.95 Å². The molecule has 0 aromatic carbocycles. The van der Waals surface area contributed by atoms with E-state index in [-0.39, 0.29) is 0 Å². The van der Waals surface area contributed by atoms with Gasteiger partial charge in [-0.1, -0.05) is 0 Å². The van der Waals surface area contributed by atoms with E-state index in [1.54, 1.807) is 0 Å². The fourth-order valence-electron chi connectivity index (χ4n) is 2.76. The van der Waals surface area contributed by atoms with E-state index in [4.69, 9.17) is 4.74 Å². The van der Waals surface area contributed by atoms with Crippen molar-refractivity contribution in [3.63, 3.8) is 0 Å². The molecule has 0 radical (unpaired) electrons. The monoisotopic (exact) mass is 277 g/mol. The van der Waals surface area contributed by atoms with E-state index in [9.17, 15) is 0 Å². The SMILES string of the molecule is c1cnc(N2CCN(CCC3CNCCO3)CC2)nc1. The Kier molecular flexibility index (Phi) is 4.78. The predicted molar refractivity (Wildman–Crippen MR) is 77.9 cm³/mol. The van der Waals surface area contributed by atoms with Gasteiger partial charge in [0, 0.05) is 58.2 Å². The highest BCUT2D eigenvalue weighted by Gasteiger charge is 2.20. The first-order chi connectivity index (χ1) is 9.92. The number of morpholine rings is 1. The van der Waals surface area contributed by atoms with Crippen LogP contribution >= 0.6 is 0 Å². The molecule has 2 fully saturated rings. The quantitative estimate of drug-likeness (QED) is 0.834. The van der Waals surface area contributed by atoms with E-state index in [0.29, 0.717) is 6.10 Å². The molecule has 1 N–H and O–H groups in total. The topological polar surface area (TPSA) is 53.5 Å². The Balaban J connectivity index is 1.40. The number of hydrogen-bond acceptors (Lipinski definition) is 6. The zero-order valence-electron chi connectivity index (χ0n) is 11.9. The fraction of sp³-hybridized carbons (Fsp3) is 0.714. The third kappa shape index (κ3) is 3.65. The molecule has 20 heavy (non-hydrogen) atoms. The van der Waals surface area contributed by atoms with Crippen LogP contribution in [0.3, 0.4) is 0 Å². The van der Waals surface area contributed by atoms with Crippen molar-refractivity contribution in [2.75, 3.05) is 57.3 Å². The maximum Gasteiger partial charge on any atom is 0.225 e. The number of nitrogens with zero attached hydrogens (tertiary/aromatic N) is 4. The summed E-state index contributed by atoms with van der Waals surface area (Å²) in [5.41, 5.74) is 0. The van der Waals surface area contributed by atoms with Gasteiger partial charge >= 0.3 is 0 Å². The van der Waals surface area contributed by atoms with E-state index in [1.165, 1.54) is 0 Å². The number of rotatable bonds is 4. The van der Waals surface area contributed by atoms with Crippen molar-refractivity contribution in [2.24, 2.45) is 0 Å². The second-order valence-electron chi connectivity index (χ2n) is 5.36. The van der Waals surface area contributed by atoms with Crippen LogP contribution in [0.1, 0.15) is 6.42 Å². The van der Waals surface area contributed by atoms with Crippen LogP contribution < -0.4 is 10.2 Å². The third-order valence-corrected chi connectivity index (χ3v) is 3.98. The maximum absolute atomic E-state index is 5.74. The summed E-state index contributed by atoms with van der Waals surface area (Å²) in [6.07, 6.45) is 5.12. The van der Waals surface area contributed by atoms with Crippen molar-refractivity contribution in [3.8, 4) is 0 Å². The number of hydrogen-bond donors (Lipinski definition) is 1. The largest absolute Gasteiger partial charge is 0.376 e. The molecule has 0 spiro atoms. The molecular weight excluding hydrogens is 254 g/mol. The van der Waals surface area contributed by atoms with Gasteiger partial charge in [0.1, 0.15) is 0 Å². The zero-order valence-corrected chi connectivity index (χ0v) is 11.9. The van der Waals surface area contributed by atoms with Gasteiger partial charge in [0.15, 0.2) is 0 Å². The van der Waals surface area contributed by atoms with E-state index in [2.05, 4.69) is 25.1 Å². The van der Waals surface area contributed by atoms with Crippen molar-refractivity contribution >= 4 is 5.95 Å². The molecule has 0 bridgehead atoms. The first kappa shape index (κ1) is 13.7. The van der Waals surface area contributed by atoms with Gasteiger partial charge in [-0.15, -0.1) is 0 Å². The molecule has 3 heterocycles. The molecule has 3 rings (SSSR count). The van der Waals surface area contributed by atoms with Crippen LogP contribution in [0, 0.1) is 0 Å². The Morgan fingerprint density at radius 1 is 1.20 bits per heavy atom. The lowest BCUT2D eigenvalue weighted by molar-refractivity contribution is 0.0171. The lowest BCUT2D eigenvalue weighted by atomic mass is 10.2. The molecular formula is C14H23N5O. The minimum Gasteiger partial charge on any atom is -0.376 e. The van der Waals surface area contributed by atoms with Crippen molar-refractivity contribution in [1.29, 1.82) is 0 Å². The van der Waals surface area contributed by atoms with Gasteiger partial charge in [0.25, 0.3) is 0 Å². The van der Waals surface area contributed by atoms with E-state index in [1.807, 2.05) is 18.5 Å². The Labute approximate surface area is 120 Å². The fourth-order valence-corrected chi connectivity index (χ4v) is 2.76. The minimum absolute atomic E-state index is 0.388. The standard InChI is InChI=1S/C14H23N5O/c1-3-16-14(17-4-1)19-9-7-18(8-10-19)6-2-13-12-15-5-11-20-13/h1,3-4,13,15H,2,5-12H2. The highest BCUT2D eigenvalue weighted by molar-refractivity contribution is 5.29. The Bertz CT molecular complexity index is 388. The first-order valence-corrected chi connectivity index (χ1v) is 7.48. The summed E-state index contributed by atoms with van der Waals surface area (Å²) >= 11 is 0. The molecule has 0 saturated carbocycles. The summed E-state index contributed by atoms with van der Waals surface area (Å²) in [4.78, 5) is 13.4. The van der Waals surface area contributed by atoms with Crippen molar-refractivity contribution in [2.45, 2.75) is 12.5 Å². The van der Waals surface area contributed by atoms with E-state index in [0.717, 1.165) is 64.8 Å². The molecule has 0 aliphatic carbocycles. The summed E-state index contributed by atoms with van der Waals surface area (Å²) in [6.45, 7) is 8.14. The predicted octanol–water partition coefficient (Wildman–Crippen LogP) is -0.0229. The summed E-state index contributed by atoms with van der Waals surface area (Å²) in [7, 11) is 0. The molecule has 6 heteroatoms. The van der Waals surface area contributed by atoms with Crippen LogP contribution in [0.5, 0.6) is 0 Å². The van der Waals surface area contributed by atoms with Gasteiger partial charge in [-0.25, -0.2) is 9.97 Å². The molecule has 1 aromatic heterocycles. The minimum atomic E-state index is 0.388. The summed E-state index contributed by atoms with van der Waals surface area (Å²) in [6, 6.07) is 1.86. The van der Waals surface area contributed by atoms with Crippen molar-refractivity contribution in [3.05, 3.63) is 18.5 Å². The van der Waals surface area contributed by atoms with E-state index >= 15 is 0 Å². The van der Waals surface area contributed by atoms with E-state index < -0.39 is 0 Å². The molecule has 1 atom stereocenters. The highest BCUT2D eigenvalue weighted by Crippen LogP contribution is 2.11. The number of ether oxygens (including phenoxy) is 1. The van der Waals surface area contributed by atoms with Crippen molar-refractivity contribution < 1.29 is 4.74 Å². The zero-order chi connectivity index (χ0) is 13.6. The van der Waals surface area contributed by atoms with Gasteiger partial charge in [-0.2, -0.15) is 0 Å². The highest BCUT2D eigenvalue weighted by atomic mass is 16.5. The first-order valence-electron chi connectivity index (χ1n) is 7.48. The maximum atomic E-state index is 5.74. The molecule has 2 aliphatic heterocycles. The summed E-state index contributed by atoms with van der Waals surface area (Å²) in [5, 5.41) is 3.38. The summed E-state index contributed by atoms with van der Waals surface area (Å²) < 4.78 is 5.74. The summed E-state index contributed by atoms with van der Waals surface area (Å²) in [5.74, 6) is 0.854. The number of piperazine rings is 1. The van der Waals surface area contributed by atoms with Gasteiger partial charge in [-0.05, 0) is 12.5 Å². The number of aromatic nitrogens is 2. The molecule has 1 unspecified atom stereocenters. The van der Waals surface area contributed by atoms with Gasteiger partial charge in [-0.3, -0.25) is 4.90 Å². The van der Waals surface area contributed by atoms with Crippen LogP contribution in [0.2, 0.25) is 0 Å². The van der Waals surface area contributed by atoms with Gasteiger partial charge in [0.05, 0.1) is 12.7 Å². The average Bonchev–Trinajstić information content (AvgIpc) is 2.55. The molecule has 2 aliphatic rings. The lowest BCUT2D eigenvalue weighted by Gasteiger charge is -2.35. The van der Waals surface area contributed by atoms with Crippen LogP contribution in [0.25, 0.3) is 0 Å². The van der Waals surface area contributed by atoms with Crippen LogP contribution in [-0.2, 0) is 4.74 Å². The average molecular weight is 277 g/mol. The number of anilines is 1. The smallest absolute Gasteiger partial charge is 0.225 e.